The van der Waals surface area contributed by atoms with Crippen LogP contribution >= 0.6 is 0 Å². The molecule has 0 radical (unpaired) electrons. The van der Waals surface area contributed by atoms with Crippen LogP contribution in [0.1, 0.15) is 34.6 Å². The van der Waals surface area contributed by atoms with Gasteiger partial charge in [0.05, 0.1) is 5.92 Å². The molecule has 0 fully saturated rings. The van der Waals surface area contributed by atoms with E-state index in [1.807, 2.05) is 13.8 Å². The van der Waals surface area contributed by atoms with E-state index >= 15 is 0 Å². The van der Waals surface area contributed by atoms with Gasteiger partial charge in [-0.25, -0.2) is 0 Å². The van der Waals surface area contributed by atoms with Gasteiger partial charge in [-0.15, -0.1) is 0 Å². The summed E-state index contributed by atoms with van der Waals surface area (Å²) in [6.45, 7) is 8.99. The standard InChI is InChI=1S/C11H20O3/c1-6(2)9(11(13)14)8(5)10(12)7(3)4/h6-9H,1-5H3,(H,13,14). The van der Waals surface area contributed by atoms with E-state index in [9.17, 15) is 9.59 Å². The highest BCUT2D eigenvalue weighted by atomic mass is 16.4. The first-order valence-corrected chi connectivity index (χ1v) is 5.05. The van der Waals surface area contributed by atoms with Gasteiger partial charge < -0.3 is 5.11 Å². The molecule has 0 amide bonds. The van der Waals surface area contributed by atoms with Crippen LogP contribution in [0.4, 0.5) is 0 Å². The molecule has 0 rings (SSSR count). The van der Waals surface area contributed by atoms with Crippen molar-refractivity contribution in [1.29, 1.82) is 0 Å². The molecular formula is C11H20O3. The second-order valence-corrected chi connectivity index (χ2v) is 4.45. The average Bonchev–Trinajstić information content (AvgIpc) is 2.01. The zero-order valence-corrected chi connectivity index (χ0v) is 9.57. The van der Waals surface area contributed by atoms with Crippen molar-refractivity contribution in [3.8, 4) is 0 Å². The molecule has 0 saturated carbocycles. The summed E-state index contributed by atoms with van der Waals surface area (Å²) in [4.78, 5) is 22.6. The molecule has 82 valence electrons. The third-order valence-electron chi connectivity index (χ3n) is 2.56. The molecule has 0 aliphatic carbocycles. The molecule has 3 nitrogen and oxygen atoms in total. The monoisotopic (exact) mass is 200 g/mol. The molecule has 0 spiro atoms. The molecule has 0 heterocycles. The Hall–Kier alpha value is -0.860. The van der Waals surface area contributed by atoms with Crippen molar-refractivity contribution in [2.24, 2.45) is 23.7 Å². The summed E-state index contributed by atoms with van der Waals surface area (Å²) in [7, 11) is 0. The van der Waals surface area contributed by atoms with E-state index in [0.29, 0.717) is 0 Å². The molecular weight excluding hydrogens is 180 g/mol. The van der Waals surface area contributed by atoms with Crippen LogP contribution in [-0.4, -0.2) is 16.9 Å². The summed E-state index contributed by atoms with van der Waals surface area (Å²) in [5, 5.41) is 8.99. The molecule has 1 N–H and O–H groups in total. The molecule has 2 unspecified atom stereocenters. The van der Waals surface area contributed by atoms with Crippen LogP contribution in [0, 0.1) is 23.7 Å². The molecule has 0 aromatic heterocycles. The van der Waals surface area contributed by atoms with E-state index in [2.05, 4.69) is 0 Å². The number of hydrogen-bond acceptors (Lipinski definition) is 2. The predicted molar refractivity (Wildman–Crippen MR) is 55.0 cm³/mol. The number of rotatable bonds is 5. The van der Waals surface area contributed by atoms with Crippen molar-refractivity contribution in [3.63, 3.8) is 0 Å². The Morgan fingerprint density at radius 3 is 1.64 bits per heavy atom. The Morgan fingerprint density at radius 1 is 1.00 bits per heavy atom. The highest BCUT2D eigenvalue weighted by Crippen LogP contribution is 2.24. The lowest BCUT2D eigenvalue weighted by Gasteiger charge is -2.23. The number of carbonyl (C=O) groups excluding carboxylic acids is 1. The number of Topliss-reactive ketones (excluding diaryl/α,β-unsaturated/α-hetero) is 1. The summed E-state index contributed by atoms with van der Waals surface area (Å²) in [6.07, 6.45) is 0. The van der Waals surface area contributed by atoms with Gasteiger partial charge in [0.2, 0.25) is 0 Å². The number of ketones is 1. The molecule has 14 heavy (non-hydrogen) atoms. The lowest BCUT2D eigenvalue weighted by atomic mass is 9.79. The van der Waals surface area contributed by atoms with Gasteiger partial charge in [-0.05, 0) is 5.92 Å². The lowest BCUT2D eigenvalue weighted by molar-refractivity contribution is -0.148. The van der Waals surface area contributed by atoms with Crippen LogP contribution in [0.2, 0.25) is 0 Å². The van der Waals surface area contributed by atoms with Gasteiger partial charge in [-0.2, -0.15) is 0 Å². The van der Waals surface area contributed by atoms with Crippen molar-refractivity contribution < 1.29 is 14.7 Å². The highest BCUT2D eigenvalue weighted by Gasteiger charge is 2.33. The Balaban J connectivity index is 4.68. The zero-order valence-electron chi connectivity index (χ0n) is 9.57. The van der Waals surface area contributed by atoms with Gasteiger partial charge in [-0.1, -0.05) is 34.6 Å². The fraction of sp³-hybridized carbons (Fsp3) is 0.818. The maximum absolute atomic E-state index is 11.6. The van der Waals surface area contributed by atoms with Crippen LogP contribution in [0.15, 0.2) is 0 Å². The van der Waals surface area contributed by atoms with Crippen LogP contribution in [0.3, 0.4) is 0 Å². The molecule has 0 saturated heterocycles. The van der Waals surface area contributed by atoms with E-state index < -0.39 is 17.8 Å². The summed E-state index contributed by atoms with van der Waals surface area (Å²) >= 11 is 0. The first kappa shape index (κ1) is 13.1. The number of carboxylic acid groups (broad SMARTS) is 1. The molecule has 2 atom stereocenters. The third kappa shape index (κ3) is 3.13. The number of carbonyl (C=O) groups is 2. The van der Waals surface area contributed by atoms with Gasteiger partial charge >= 0.3 is 5.97 Å². The quantitative estimate of drug-likeness (QED) is 0.740. The van der Waals surface area contributed by atoms with Gasteiger partial charge in [-0.3, -0.25) is 9.59 Å². The fourth-order valence-corrected chi connectivity index (χ4v) is 1.78. The summed E-state index contributed by atoms with van der Waals surface area (Å²) in [6, 6.07) is 0. The maximum Gasteiger partial charge on any atom is 0.307 e. The summed E-state index contributed by atoms with van der Waals surface area (Å²) in [5.41, 5.74) is 0. The molecule has 0 bridgehead atoms. The summed E-state index contributed by atoms with van der Waals surface area (Å²) in [5.74, 6) is -1.90. The van der Waals surface area contributed by atoms with Crippen molar-refractivity contribution in [3.05, 3.63) is 0 Å². The second kappa shape index (κ2) is 5.13. The van der Waals surface area contributed by atoms with Crippen LogP contribution in [0.25, 0.3) is 0 Å². The Kier molecular flexibility index (Phi) is 4.81. The molecule has 0 aliphatic heterocycles. The van der Waals surface area contributed by atoms with E-state index in [1.165, 1.54) is 0 Å². The minimum Gasteiger partial charge on any atom is -0.481 e. The summed E-state index contributed by atoms with van der Waals surface area (Å²) < 4.78 is 0. The minimum absolute atomic E-state index is 0.00907. The number of aliphatic carboxylic acids is 1. The van der Waals surface area contributed by atoms with Gasteiger partial charge in [0.15, 0.2) is 0 Å². The zero-order chi connectivity index (χ0) is 11.5. The average molecular weight is 200 g/mol. The van der Waals surface area contributed by atoms with E-state index in [4.69, 9.17) is 5.11 Å². The first-order chi connectivity index (χ1) is 6.29. The van der Waals surface area contributed by atoms with Crippen molar-refractivity contribution in [2.75, 3.05) is 0 Å². The van der Waals surface area contributed by atoms with Crippen LogP contribution in [-0.2, 0) is 9.59 Å². The largest absolute Gasteiger partial charge is 0.481 e. The van der Waals surface area contributed by atoms with Crippen molar-refractivity contribution in [2.45, 2.75) is 34.6 Å². The molecule has 3 heteroatoms. The predicted octanol–water partition coefficient (Wildman–Crippen LogP) is 2.20. The van der Waals surface area contributed by atoms with Crippen LogP contribution in [0.5, 0.6) is 0 Å². The van der Waals surface area contributed by atoms with Gasteiger partial charge in [0.25, 0.3) is 0 Å². The Labute approximate surface area is 85.5 Å². The number of hydrogen-bond donors (Lipinski definition) is 1. The Bertz CT molecular complexity index is 219. The normalized spacial score (nSPS) is 15.6. The van der Waals surface area contributed by atoms with E-state index in [0.717, 1.165) is 0 Å². The topological polar surface area (TPSA) is 54.4 Å². The Morgan fingerprint density at radius 2 is 1.43 bits per heavy atom. The fourth-order valence-electron chi connectivity index (χ4n) is 1.78. The van der Waals surface area contributed by atoms with Crippen LogP contribution < -0.4 is 0 Å². The van der Waals surface area contributed by atoms with Crippen molar-refractivity contribution in [1.82, 2.24) is 0 Å². The third-order valence-corrected chi connectivity index (χ3v) is 2.56. The van der Waals surface area contributed by atoms with E-state index in [-0.39, 0.29) is 17.6 Å². The lowest BCUT2D eigenvalue weighted by Crippen LogP contribution is -2.33. The highest BCUT2D eigenvalue weighted by molar-refractivity contribution is 5.87. The smallest absolute Gasteiger partial charge is 0.307 e. The van der Waals surface area contributed by atoms with Crippen molar-refractivity contribution >= 4 is 11.8 Å². The molecule has 0 aliphatic rings. The second-order valence-electron chi connectivity index (χ2n) is 4.45. The van der Waals surface area contributed by atoms with E-state index in [1.54, 1.807) is 20.8 Å². The van der Waals surface area contributed by atoms with Gasteiger partial charge in [0.1, 0.15) is 5.78 Å². The minimum atomic E-state index is -0.874. The molecule has 0 aromatic carbocycles. The van der Waals surface area contributed by atoms with Gasteiger partial charge in [0, 0.05) is 11.8 Å². The maximum atomic E-state index is 11.6. The SMILES string of the molecule is CC(C)C(=O)C(C)C(C(=O)O)C(C)C. The first-order valence-electron chi connectivity index (χ1n) is 5.05. The number of carboxylic acids is 1. The molecule has 0 aromatic rings.